The van der Waals surface area contributed by atoms with Crippen molar-refractivity contribution in [3.8, 4) is 0 Å². The molecule has 22 heavy (non-hydrogen) atoms. The molecule has 3 heteroatoms. The quantitative estimate of drug-likeness (QED) is 0.548. The van der Waals surface area contributed by atoms with Crippen LogP contribution < -0.4 is 0 Å². The van der Waals surface area contributed by atoms with Gasteiger partial charge < -0.3 is 0 Å². The van der Waals surface area contributed by atoms with Crippen LogP contribution in [0.3, 0.4) is 0 Å². The highest BCUT2D eigenvalue weighted by Crippen LogP contribution is 2.75. The molecular weight excluding hydrogens is 315 g/mol. The van der Waals surface area contributed by atoms with Gasteiger partial charge in [0.2, 0.25) is 0 Å². The van der Waals surface area contributed by atoms with E-state index in [9.17, 15) is 4.79 Å². The van der Waals surface area contributed by atoms with E-state index < -0.39 is 15.2 Å². The average molecular weight is 345 g/mol. The molecule has 0 amide bonds. The summed E-state index contributed by atoms with van der Waals surface area (Å²) in [5.74, 6) is 1.61. The van der Waals surface area contributed by atoms with Gasteiger partial charge in [-0.15, -0.1) is 0 Å². The maximum Gasteiger partial charge on any atom is 0.151 e. The third kappa shape index (κ3) is 2.00. The molecule has 2 spiro atoms. The molecule has 0 aromatic carbocycles. The first kappa shape index (κ1) is 17.1. The summed E-state index contributed by atoms with van der Waals surface area (Å²) in [4.78, 5) is 13.4. The molecule has 2 atom stereocenters. The standard InChI is InChI=1S/C19H30Cl2O/c1-3-7-15-8-5-6-11-18(15)16(22)17(19(18,20)21)12-9-14(4-2)10-13-17/h14-15H,3-13H2,1-2H3. The molecule has 0 N–H and O–H groups in total. The maximum absolute atomic E-state index is 13.4. The van der Waals surface area contributed by atoms with Crippen LogP contribution in [0, 0.1) is 22.7 Å². The van der Waals surface area contributed by atoms with E-state index in [4.69, 9.17) is 23.2 Å². The predicted octanol–water partition coefficient (Wildman–Crippen LogP) is 6.31. The minimum absolute atomic E-state index is 0.406. The minimum atomic E-state index is -0.823. The zero-order chi connectivity index (χ0) is 16.0. The Morgan fingerprint density at radius 2 is 1.73 bits per heavy atom. The Morgan fingerprint density at radius 3 is 2.27 bits per heavy atom. The van der Waals surface area contributed by atoms with Crippen molar-refractivity contribution in [1.29, 1.82) is 0 Å². The molecule has 0 aromatic rings. The Hall–Kier alpha value is 0.250. The number of hydrogen-bond acceptors (Lipinski definition) is 1. The van der Waals surface area contributed by atoms with Gasteiger partial charge >= 0.3 is 0 Å². The molecule has 126 valence electrons. The lowest BCUT2D eigenvalue weighted by molar-refractivity contribution is -0.179. The number of Topliss-reactive ketones (excluding diaryl/α,β-unsaturated/α-hetero) is 1. The number of rotatable bonds is 3. The first-order valence-corrected chi connectivity index (χ1v) is 10.1. The van der Waals surface area contributed by atoms with Crippen LogP contribution in [0.25, 0.3) is 0 Å². The smallest absolute Gasteiger partial charge is 0.151 e. The highest BCUT2D eigenvalue weighted by Gasteiger charge is 2.80. The second-order valence-corrected chi connectivity index (χ2v) is 9.37. The number of carbonyl (C=O) groups excluding carboxylic acids is 1. The molecule has 0 saturated heterocycles. The Labute approximate surface area is 145 Å². The molecule has 0 aliphatic heterocycles. The number of hydrogen-bond donors (Lipinski definition) is 0. The third-order valence-corrected chi connectivity index (χ3v) is 8.64. The highest BCUT2D eigenvalue weighted by atomic mass is 35.5. The van der Waals surface area contributed by atoms with E-state index in [-0.39, 0.29) is 0 Å². The summed E-state index contributed by atoms with van der Waals surface area (Å²) < 4.78 is -0.823. The molecule has 0 radical (unpaired) electrons. The van der Waals surface area contributed by atoms with E-state index in [0.29, 0.717) is 11.7 Å². The predicted molar refractivity (Wildman–Crippen MR) is 93.4 cm³/mol. The Balaban J connectivity index is 1.88. The second-order valence-electron chi connectivity index (χ2n) is 8.04. The number of halogens is 2. The zero-order valence-corrected chi connectivity index (χ0v) is 15.6. The summed E-state index contributed by atoms with van der Waals surface area (Å²) in [6.45, 7) is 4.46. The second kappa shape index (κ2) is 5.96. The van der Waals surface area contributed by atoms with Crippen molar-refractivity contribution in [3.63, 3.8) is 0 Å². The molecule has 3 saturated carbocycles. The van der Waals surface area contributed by atoms with Gasteiger partial charge in [0.05, 0.1) is 10.8 Å². The number of ketones is 1. The topological polar surface area (TPSA) is 17.1 Å². The van der Waals surface area contributed by atoms with Gasteiger partial charge in [0.15, 0.2) is 5.78 Å². The van der Waals surface area contributed by atoms with Crippen LogP contribution in [0.4, 0.5) is 0 Å². The fourth-order valence-corrected chi connectivity index (χ4v) is 7.11. The van der Waals surface area contributed by atoms with E-state index in [1.807, 2.05) is 0 Å². The summed E-state index contributed by atoms with van der Waals surface area (Å²) >= 11 is 14.1. The molecule has 3 aliphatic carbocycles. The van der Waals surface area contributed by atoms with Gasteiger partial charge in [0.1, 0.15) is 4.33 Å². The first-order chi connectivity index (χ1) is 10.5. The highest BCUT2D eigenvalue weighted by molar-refractivity contribution is 6.55. The van der Waals surface area contributed by atoms with Crippen LogP contribution >= 0.6 is 23.2 Å². The molecule has 0 aromatic heterocycles. The lowest BCUT2D eigenvalue weighted by atomic mass is 9.39. The van der Waals surface area contributed by atoms with E-state index in [2.05, 4.69) is 13.8 Å². The van der Waals surface area contributed by atoms with Crippen molar-refractivity contribution in [3.05, 3.63) is 0 Å². The van der Waals surface area contributed by atoms with Crippen molar-refractivity contribution in [1.82, 2.24) is 0 Å². The van der Waals surface area contributed by atoms with Crippen molar-refractivity contribution in [2.75, 3.05) is 0 Å². The van der Waals surface area contributed by atoms with Gasteiger partial charge in [-0.05, 0) is 56.8 Å². The normalized spacial score (nSPS) is 44.3. The third-order valence-electron chi connectivity index (χ3n) is 7.24. The molecule has 0 bridgehead atoms. The minimum Gasteiger partial charge on any atom is -0.298 e. The number of carbonyl (C=O) groups is 1. The molecule has 1 nitrogen and oxygen atoms in total. The summed E-state index contributed by atoms with van der Waals surface area (Å²) in [6.07, 6.45) is 11.9. The summed E-state index contributed by atoms with van der Waals surface area (Å²) in [6, 6.07) is 0. The Kier molecular flexibility index (Phi) is 4.63. The largest absolute Gasteiger partial charge is 0.298 e. The lowest BCUT2D eigenvalue weighted by Crippen LogP contribution is -2.76. The van der Waals surface area contributed by atoms with Crippen LogP contribution in [0.2, 0.25) is 0 Å². The van der Waals surface area contributed by atoms with Gasteiger partial charge in [-0.3, -0.25) is 4.79 Å². The molecule has 3 aliphatic rings. The van der Waals surface area contributed by atoms with E-state index >= 15 is 0 Å². The fraction of sp³-hybridized carbons (Fsp3) is 0.947. The zero-order valence-electron chi connectivity index (χ0n) is 14.1. The van der Waals surface area contributed by atoms with Crippen LogP contribution in [0.15, 0.2) is 0 Å². The van der Waals surface area contributed by atoms with Crippen molar-refractivity contribution >= 4 is 29.0 Å². The maximum atomic E-state index is 13.4. The molecule has 3 rings (SSSR count). The van der Waals surface area contributed by atoms with Gasteiger partial charge in [0.25, 0.3) is 0 Å². The van der Waals surface area contributed by atoms with Crippen molar-refractivity contribution in [2.24, 2.45) is 22.7 Å². The monoisotopic (exact) mass is 344 g/mol. The summed E-state index contributed by atoms with van der Waals surface area (Å²) in [7, 11) is 0. The van der Waals surface area contributed by atoms with Crippen LogP contribution in [-0.2, 0) is 4.79 Å². The van der Waals surface area contributed by atoms with Gasteiger partial charge in [0, 0.05) is 0 Å². The molecule has 2 unspecified atom stereocenters. The lowest BCUT2D eigenvalue weighted by Gasteiger charge is -2.69. The summed E-state index contributed by atoms with van der Waals surface area (Å²) in [5, 5.41) is 0. The molecular formula is C19H30Cl2O. The summed E-state index contributed by atoms with van der Waals surface area (Å²) in [5.41, 5.74) is -0.853. The molecule has 3 fully saturated rings. The van der Waals surface area contributed by atoms with Gasteiger partial charge in [-0.2, -0.15) is 0 Å². The van der Waals surface area contributed by atoms with E-state index in [0.717, 1.165) is 63.7 Å². The Morgan fingerprint density at radius 1 is 1.05 bits per heavy atom. The van der Waals surface area contributed by atoms with Crippen LogP contribution in [-0.4, -0.2) is 10.1 Å². The average Bonchev–Trinajstić information content (AvgIpc) is 2.54. The molecule has 0 heterocycles. The van der Waals surface area contributed by atoms with Crippen molar-refractivity contribution < 1.29 is 4.79 Å². The van der Waals surface area contributed by atoms with Gasteiger partial charge in [-0.1, -0.05) is 62.7 Å². The van der Waals surface area contributed by atoms with Crippen molar-refractivity contribution in [2.45, 2.75) is 88.8 Å². The Bertz CT molecular complexity index is 435. The van der Waals surface area contributed by atoms with E-state index in [1.54, 1.807) is 0 Å². The first-order valence-electron chi connectivity index (χ1n) is 9.39. The fourth-order valence-electron chi connectivity index (χ4n) is 5.89. The van der Waals surface area contributed by atoms with E-state index in [1.165, 1.54) is 12.8 Å². The van der Waals surface area contributed by atoms with Crippen LogP contribution in [0.1, 0.15) is 84.5 Å². The number of alkyl halides is 2. The van der Waals surface area contributed by atoms with Crippen LogP contribution in [0.5, 0.6) is 0 Å². The SMILES string of the molecule is CCCC1CCCCC12C(=O)C1(CCC(CC)CC1)C2(Cl)Cl. The van der Waals surface area contributed by atoms with Gasteiger partial charge in [-0.25, -0.2) is 0 Å².